The number of carboxylic acid groups (broad SMARTS) is 1. The number of thiocarbonyl (C=S) groups is 1. The van der Waals surface area contributed by atoms with E-state index in [2.05, 4.69) is 0 Å². The minimum Gasteiger partial charge on any atom is -0.493 e. The molecule has 4 rings (SSSR count). The van der Waals surface area contributed by atoms with Gasteiger partial charge in [-0.2, -0.15) is 0 Å². The molecule has 2 aromatic carbocycles. The molecule has 172 valence electrons. The number of hydrogen-bond donors (Lipinski definition) is 1. The molecule has 2 saturated heterocycles. The van der Waals surface area contributed by atoms with Gasteiger partial charge in [-0.1, -0.05) is 42.2 Å². The third-order valence-electron chi connectivity index (χ3n) is 5.36. The van der Waals surface area contributed by atoms with Crippen LogP contribution in [0.1, 0.15) is 34.3 Å². The zero-order chi connectivity index (χ0) is 23.4. The van der Waals surface area contributed by atoms with Crippen molar-refractivity contribution >= 4 is 46.3 Å². The number of methoxy groups -OCH3 is 1. The molecule has 2 aliphatic rings. The van der Waals surface area contributed by atoms with Gasteiger partial charge in [0.15, 0.2) is 11.5 Å². The molecule has 0 aliphatic carbocycles. The number of ether oxygens (including phenoxy) is 3. The zero-order valence-electron chi connectivity index (χ0n) is 18.0. The van der Waals surface area contributed by atoms with Gasteiger partial charge in [0.1, 0.15) is 10.9 Å². The van der Waals surface area contributed by atoms with E-state index in [0.29, 0.717) is 27.3 Å². The first kappa shape index (κ1) is 23.3. The molecule has 0 bridgehead atoms. The quantitative estimate of drug-likeness (QED) is 0.436. The maximum atomic E-state index is 12.9. The van der Waals surface area contributed by atoms with Gasteiger partial charge in [0, 0.05) is 6.61 Å². The number of carboxylic acids is 1. The van der Waals surface area contributed by atoms with Crippen LogP contribution in [-0.4, -0.2) is 52.6 Å². The van der Waals surface area contributed by atoms with E-state index >= 15 is 0 Å². The van der Waals surface area contributed by atoms with Crippen LogP contribution in [0.5, 0.6) is 11.5 Å². The van der Waals surface area contributed by atoms with Crippen LogP contribution in [0.2, 0.25) is 0 Å². The van der Waals surface area contributed by atoms with Crippen LogP contribution in [0.15, 0.2) is 47.4 Å². The minimum atomic E-state index is -0.969. The number of benzene rings is 2. The molecular formula is C24H23NO6S2. The summed E-state index contributed by atoms with van der Waals surface area (Å²) in [5.41, 5.74) is 1.85. The number of rotatable bonds is 8. The molecule has 2 aliphatic heterocycles. The van der Waals surface area contributed by atoms with Crippen LogP contribution >= 0.6 is 24.0 Å². The van der Waals surface area contributed by atoms with Crippen LogP contribution in [0.4, 0.5) is 0 Å². The van der Waals surface area contributed by atoms with Crippen LogP contribution in [0, 0.1) is 0 Å². The molecule has 9 heteroatoms. The van der Waals surface area contributed by atoms with Gasteiger partial charge in [-0.05, 0) is 54.3 Å². The van der Waals surface area contributed by atoms with Gasteiger partial charge in [0.05, 0.1) is 30.2 Å². The van der Waals surface area contributed by atoms with Crippen LogP contribution < -0.4 is 9.47 Å². The van der Waals surface area contributed by atoms with E-state index in [-0.39, 0.29) is 24.2 Å². The number of nitrogens with zero attached hydrogens (tertiary/aromatic N) is 1. The highest BCUT2D eigenvalue weighted by atomic mass is 32.2. The summed E-state index contributed by atoms with van der Waals surface area (Å²) in [5.74, 6) is -0.00302. The van der Waals surface area contributed by atoms with Gasteiger partial charge in [-0.15, -0.1) is 0 Å². The molecule has 1 N–H and O–H groups in total. The Hall–Kier alpha value is -2.88. The van der Waals surface area contributed by atoms with Gasteiger partial charge in [-0.3, -0.25) is 9.69 Å². The van der Waals surface area contributed by atoms with Crippen LogP contribution in [0.25, 0.3) is 6.08 Å². The second-order valence-electron chi connectivity index (χ2n) is 7.63. The van der Waals surface area contributed by atoms with Crippen LogP contribution in [0.3, 0.4) is 0 Å². The molecule has 1 amide bonds. The smallest absolute Gasteiger partial charge is 0.335 e. The number of aromatic carboxylic acids is 1. The van der Waals surface area contributed by atoms with Gasteiger partial charge in [0.2, 0.25) is 0 Å². The van der Waals surface area contributed by atoms with Crippen molar-refractivity contribution in [1.82, 2.24) is 4.90 Å². The average Bonchev–Trinajstić information content (AvgIpc) is 3.42. The molecule has 0 radical (unpaired) electrons. The summed E-state index contributed by atoms with van der Waals surface area (Å²) in [7, 11) is 1.55. The van der Waals surface area contributed by atoms with Crippen LogP contribution in [-0.2, 0) is 16.1 Å². The molecule has 1 atom stereocenters. The highest BCUT2D eigenvalue weighted by Crippen LogP contribution is 2.35. The molecule has 2 fully saturated rings. The summed E-state index contributed by atoms with van der Waals surface area (Å²) in [6.07, 6.45) is 3.80. The topological polar surface area (TPSA) is 85.3 Å². The Balaban J connectivity index is 1.43. The van der Waals surface area contributed by atoms with E-state index in [1.54, 1.807) is 42.4 Å². The van der Waals surface area contributed by atoms with E-state index < -0.39 is 5.97 Å². The Morgan fingerprint density at radius 3 is 2.73 bits per heavy atom. The predicted molar refractivity (Wildman–Crippen MR) is 130 cm³/mol. The lowest BCUT2D eigenvalue weighted by molar-refractivity contribution is -0.123. The summed E-state index contributed by atoms with van der Waals surface area (Å²) in [5, 5.41) is 9.00. The van der Waals surface area contributed by atoms with Crippen molar-refractivity contribution in [2.45, 2.75) is 25.6 Å². The standard InChI is InChI=1S/C24H23NO6S2/c1-29-20-11-16(6-9-19(20)31-14-15-4-7-17(8-5-15)23(27)28)12-21-22(26)25(24(32)33-21)13-18-3-2-10-30-18/h4-9,11-12,18H,2-3,10,13-14H2,1H3,(H,27,28)/b21-12-/t18-/m0/s1. The van der Waals surface area contributed by atoms with Gasteiger partial charge < -0.3 is 19.3 Å². The monoisotopic (exact) mass is 485 g/mol. The number of carbonyl (C=O) groups excluding carboxylic acids is 1. The van der Waals surface area contributed by atoms with Gasteiger partial charge in [0.25, 0.3) is 5.91 Å². The third kappa shape index (κ3) is 5.55. The normalized spacial score (nSPS) is 19.4. The maximum absolute atomic E-state index is 12.9. The third-order valence-corrected chi connectivity index (χ3v) is 6.74. The van der Waals surface area contributed by atoms with E-state index in [1.165, 1.54) is 23.9 Å². The molecule has 0 unspecified atom stereocenters. The molecule has 7 nitrogen and oxygen atoms in total. The molecule has 33 heavy (non-hydrogen) atoms. The summed E-state index contributed by atoms with van der Waals surface area (Å²) >= 11 is 6.70. The summed E-state index contributed by atoms with van der Waals surface area (Å²) in [6.45, 7) is 1.49. The van der Waals surface area contributed by atoms with Crippen molar-refractivity contribution in [3.05, 3.63) is 64.1 Å². The SMILES string of the molecule is COc1cc(/C=C2\SC(=S)N(C[C@@H]3CCCO3)C2=O)ccc1OCc1ccc(C(=O)O)cc1. The Morgan fingerprint density at radius 1 is 1.27 bits per heavy atom. The minimum absolute atomic E-state index is 0.0451. The fourth-order valence-corrected chi connectivity index (χ4v) is 4.87. The average molecular weight is 486 g/mol. The zero-order valence-corrected chi connectivity index (χ0v) is 19.6. The molecule has 2 heterocycles. The van der Waals surface area contributed by atoms with Crippen molar-refractivity contribution in [3.63, 3.8) is 0 Å². The lowest BCUT2D eigenvalue weighted by Gasteiger charge is -2.18. The molecule has 2 aromatic rings. The Morgan fingerprint density at radius 2 is 2.06 bits per heavy atom. The number of carbonyl (C=O) groups is 2. The van der Waals surface area contributed by atoms with Crippen molar-refractivity contribution in [2.24, 2.45) is 0 Å². The molecule has 0 spiro atoms. The highest BCUT2D eigenvalue weighted by molar-refractivity contribution is 8.26. The van der Waals surface area contributed by atoms with Crippen molar-refractivity contribution in [3.8, 4) is 11.5 Å². The van der Waals surface area contributed by atoms with Gasteiger partial charge in [-0.25, -0.2) is 4.79 Å². The van der Waals surface area contributed by atoms with E-state index in [4.69, 9.17) is 31.5 Å². The number of hydrogen-bond acceptors (Lipinski definition) is 7. The molecule has 0 aromatic heterocycles. The predicted octanol–water partition coefficient (Wildman–Crippen LogP) is 4.35. The summed E-state index contributed by atoms with van der Waals surface area (Å²) < 4.78 is 17.5. The van der Waals surface area contributed by atoms with Crippen molar-refractivity contribution < 1.29 is 28.9 Å². The Kier molecular flexibility index (Phi) is 7.32. The summed E-state index contributed by atoms with van der Waals surface area (Å²) in [6, 6.07) is 11.9. The second kappa shape index (κ2) is 10.4. The fraction of sp³-hybridized carbons (Fsp3) is 0.292. The fourth-order valence-electron chi connectivity index (χ4n) is 3.60. The summed E-state index contributed by atoms with van der Waals surface area (Å²) in [4.78, 5) is 26.0. The van der Waals surface area contributed by atoms with E-state index in [9.17, 15) is 9.59 Å². The first-order valence-electron chi connectivity index (χ1n) is 10.4. The Labute approximate surface area is 201 Å². The first-order valence-corrected chi connectivity index (χ1v) is 11.7. The van der Waals surface area contributed by atoms with Crippen molar-refractivity contribution in [2.75, 3.05) is 20.3 Å². The highest BCUT2D eigenvalue weighted by Gasteiger charge is 2.34. The number of thioether (sulfide) groups is 1. The Bertz CT molecular complexity index is 1090. The van der Waals surface area contributed by atoms with Crippen molar-refractivity contribution in [1.29, 1.82) is 0 Å². The molecule has 0 saturated carbocycles. The lowest BCUT2D eigenvalue weighted by atomic mass is 10.1. The lowest BCUT2D eigenvalue weighted by Crippen LogP contribution is -2.35. The van der Waals surface area contributed by atoms with E-state index in [0.717, 1.165) is 30.6 Å². The molecular weight excluding hydrogens is 462 g/mol. The first-order chi connectivity index (χ1) is 15.9. The van der Waals surface area contributed by atoms with Gasteiger partial charge >= 0.3 is 5.97 Å². The number of amides is 1. The second-order valence-corrected chi connectivity index (χ2v) is 9.30. The largest absolute Gasteiger partial charge is 0.493 e. The maximum Gasteiger partial charge on any atom is 0.335 e. The van der Waals surface area contributed by atoms with E-state index in [1.807, 2.05) is 6.07 Å².